The van der Waals surface area contributed by atoms with Crippen LogP contribution in [0, 0.1) is 5.82 Å². The summed E-state index contributed by atoms with van der Waals surface area (Å²) in [6.07, 6.45) is 1.31. The van der Waals surface area contributed by atoms with Gasteiger partial charge >= 0.3 is 5.97 Å². The number of hydrogen-bond donors (Lipinski definition) is 2. The van der Waals surface area contributed by atoms with Crippen molar-refractivity contribution in [1.82, 2.24) is 0 Å². The van der Waals surface area contributed by atoms with Gasteiger partial charge in [-0.15, -0.1) is 0 Å². The van der Waals surface area contributed by atoms with Gasteiger partial charge in [-0.1, -0.05) is 13.0 Å². The highest BCUT2D eigenvalue weighted by molar-refractivity contribution is 5.79. The summed E-state index contributed by atoms with van der Waals surface area (Å²) in [5.74, 6) is -1.97. The molecule has 2 N–H and O–H groups in total. The molecular formula is C13H15FO3. The second-order valence-electron chi connectivity index (χ2n) is 4.52. The van der Waals surface area contributed by atoms with Crippen LogP contribution in [0.3, 0.4) is 0 Å². The van der Waals surface area contributed by atoms with Crippen molar-refractivity contribution < 1.29 is 19.4 Å². The van der Waals surface area contributed by atoms with Crippen LogP contribution in [0.5, 0.6) is 0 Å². The number of benzene rings is 1. The molecule has 2 unspecified atom stereocenters. The average Bonchev–Trinajstić information content (AvgIpc) is 2.70. The number of carbonyl (C=O) groups is 1. The Kier molecular flexibility index (Phi) is 2.91. The number of fused-ring (bicyclic) bond motifs is 1. The van der Waals surface area contributed by atoms with E-state index in [1.165, 1.54) is 12.1 Å². The van der Waals surface area contributed by atoms with Crippen LogP contribution in [0.1, 0.15) is 36.8 Å². The first-order valence-corrected chi connectivity index (χ1v) is 5.73. The molecule has 0 aliphatic heterocycles. The molecule has 0 saturated carbocycles. The Morgan fingerprint density at radius 2 is 2.29 bits per heavy atom. The summed E-state index contributed by atoms with van der Waals surface area (Å²) in [6, 6.07) is 4.33. The molecule has 1 aliphatic carbocycles. The summed E-state index contributed by atoms with van der Waals surface area (Å²) in [5, 5.41) is 19.4. The van der Waals surface area contributed by atoms with E-state index in [0.717, 1.165) is 11.1 Å². The first-order chi connectivity index (χ1) is 7.99. The summed E-state index contributed by atoms with van der Waals surface area (Å²) in [6.45, 7) is 1.65. The minimum absolute atomic E-state index is 0.143. The predicted molar refractivity (Wildman–Crippen MR) is 60.3 cm³/mol. The predicted octanol–water partition coefficient (Wildman–Crippen LogP) is 2.08. The van der Waals surface area contributed by atoms with Gasteiger partial charge in [-0.05, 0) is 42.5 Å². The minimum Gasteiger partial charge on any atom is -0.479 e. The molecule has 0 saturated heterocycles. The molecule has 2 rings (SSSR count). The van der Waals surface area contributed by atoms with Crippen LogP contribution in [-0.4, -0.2) is 21.8 Å². The Hall–Kier alpha value is -1.42. The second-order valence-corrected chi connectivity index (χ2v) is 4.52. The summed E-state index contributed by atoms with van der Waals surface area (Å²) in [7, 11) is 0. The standard InChI is InChI=1S/C13H15FO3/c1-2-13(17,12(15)16)11-6-3-8-7-9(14)4-5-10(8)11/h4-5,7,11,17H,2-3,6H2,1H3,(H,15,16). The molecule has 92 valence electrons. The third-order valence-electron chi connectivity index (χ3n) is 3.67. The Morgan fingerprint density at radius 1 is 1.59 bits per heavy atom. The number of carboxylic acid groups (broad SMARTS) is 1. The fourth-order valence-electron chi connectivity index (χ4n) is 2.63. The first-order valence-electron chi connectivity index (χ1n) is 5.73. The van der Waals surface area contributed by atoms with Gasteiger partial charge in [-0.25, -0.2) is 9.18 Å². The van der Waals surface area contributed by atoms with E-state index in [4.69, 9.17) is 5.11 Å². The molecule has 2 atom stereocenters. The smallest absolute Gasteiger partial charge is 0.336 e. The fraction of sp³-hybridized carbons (Fsp3) is 0.462. The summed E-state index contributed by atoms with van der Waals surface area (Å²) >= 11 is 0. The molecule has 1 aromatic carbocycles. The number of aryl methyl sites for hydroxylation is 1. The van der Waals surface area contributed by atoms with Crippen LogP contribution in [0.15, 0.2) is 18.2 Å². The minimum atomic E-state index is -1.75. The molecule has 0 heterocycles. The van der Waals surface area contributed by atoms with E-state index in [2.05, 4.69) is 0 Å². The third kappa shape index (κ3) is 1.82. The van der Waals surface area contributed by atoms with Gasteiger partial charge in [0.05, 0.1) is 0 Å². The number of aliphatic carboxylic acids is 1. The number of halogens is 1. The van der Waals surface area contributed by atoms with Crippen LogP contribution in [0.25, 0.3) is 0 Å². The monoisotopic (exact) mass is 238 g/mol. The van der Waals surface area contributed by atoms with Crippen molar-refractivity contribution in [3.8, 4) is 0 Å². The fourth-order valence-corrected chi connectivity index (χ4v) is 2.63. The van der Waals surface area contributed by atoms with Crippen LogP contribution < -0.4 is 0 Å². The second kappa shape index (κ2) is 4.11. The molecule has 17 heavy (non-hydrogen) atoms. The van der Waals surface area contributed by atoms with Crippen molar-refractivity contribution in [1.29, 1.82) is 0 Å². The van der Waals surface area contributed by atoms with Crippen LogP contribution in [0.2, 0.25) is 0 Å². The Morgan fingerprint density at radius 3 is 2.88 bits per heavy atom. The van der Waals surface area contributed by atoms with Gasteiger partial charge in [-0.3, -0.25) is 0 Å². The Labute approximate surface area is 98.9 Å². The van der Waals surface area contributed by atoms with Crippen LogP contribution in [0.4, 0.5) is 4.39 Å². The first kappa shape index (κ1) is 12.0. The van der Waals surface area contributed by atoms with Crippen molar-refractivity contribution in [3.63, 3.8) is 0 Å². The van der Waals surface area contributed by atoms with Gasteiger partial charge in [-0.2, -0.15) is 0 Å². The lowest BCUT2D eigenvalue weighted by molar-refractivity contribution is -0.161. The molecule has 0 spiro atoms. The van der Waals surface area contributed by atoms with Crippen molar-refractivity contribution in [3.05, 3.63) is 35.1 Å². The summed E-state index contributed by atoms with van der Waals surface area (Å²) in [4.78, 5) is 11.2. The lowest BCUT2D eigenvalue weighted by Gasteiger charge is -2.29. The topological polar surface area (TPSA) is 57.5 Å². The largest absolute Gasteiger partial charge is 0.479 e. The lowest BCUT2D eigenvalue weighted by Crippen LogP contribution is -2.43. The molecular weight excluding hydrogens is 223 g/mol. The maximum absolute atomic E-state index is 13.0. The number of carboxylic acids is 1. The zero-order valence-corrected chi connectivity index (χ0v) is 9.61. The number of hydrogen-bond acceptors (Lipinski definition) is 2. The highest BCUT2D eigenvalue weighted by Gasteiger charge is 2.45. The summed E-state index contributed by atoms with van der Waals surface area (Å²) < 4.78 is 13.0. The normalized spacial score (nSPS) is 21.9. The van der Waals surface area contributed by atoms with E-state index in [-0.39, 0.29) is 12.2 Å². The van der Waals surface area contributed by atoms with E-state index in [1.54, 1.807) is 13.0 Å². The maximum Gasteiger partial charge on any atom is 0.336 e. The molecule has 0 radical (unpaired) electrons. The number of aliphatic hydroxyl groups is 1. The van der Waals surface area contributed by atoms with E-state index in [0.29, 0.717) is 12.8 Å². The van der Waals surface area contributed by atoms with Gasteiger partial charge < -0.3 is 10.2 Å². The molecule has 3 nitrogen and oxygen atoms in total. The van der Waals surface area contributed by atoms with Crippen LogP contribution in [-0.2, 0) is 11.2 Å². The van der Waals surface area contributed by atoms with Crippen molar-refractivity contribution in [2.45, 2.75) is 37.7 Å². The molecule has 1 aliphatic rings. The van der Waals surface area contributed by atoms with E-state index < -0.39 is 17.5 Å². The van der Waals surface area contributed by atoms with Gasteiger partial charge in [0.2, 0.25) is 0 Å². The van der Waals surface area contributed by atoms with Gasteiger partial charge in [0, 0.05) is 5.92 Å². The van der Waals surface area contributed by atoms with Crippen molar-refractivity contribution in [2.75, 3.05) is 0 Å². The van der Waals surface area contributed by atoms with E-state index >= 15 is 0 Å². The Balaban J connectivity index is 2.42. The zero-order valence-electron chi connectivity index (χ0n) is 9.61. The van der Waals surface area contributed by atoms with Crippen LogP contribution >= 0.6 is 0 Å². The molecule has 0 aromatic heterocycles. The zero-order chi connectivity index (χ0) is 12.6. The van der Waals surface area contributed by atoms with E-state index in [9.17, 15) is 14.3 Å². The molecule has 1 aromatic rings. The molecule has 0 fully saturated rings. The van der Waals surface area contributed by atoms with Crippen molar-refractivity contribution in [2.24, 2.45) is 0 Å². The van der Waals surface area contributed by atoms with Crippen molar-refractivity contribution >= 4 is 5.97 Å². The molecule has 0 amide bonds. The number of rotatable bonds is 3. The Bertz CT molecular complexity index is 458. The van der Waals surface area contributed by atoms with E-state index in [1.807, 2.05) is 0 Å². The lowest BCUT2D eigenvalue weighted by atomic mass is 9.81. The average molecular weight is 238 g/mol. The highest BCUT2D eigenvalue weighted by atomic mass is 19.1. The molecule has 0 bridgehead atoms. The SMILES string of the molecule is CCC(O)(C(=O)O)C1CCc2cc(F)ccc21. The molecule has 4 heteroatoms. The van der Waals surface area contributed by atoms with Gasteiger partial charge in [0.1, 0.15) is 5.82 Å². The quantitative estimate of drug-likeness (QED) is 0.847. The maximum atomic E-state index is 13.0. The van der Waals surface area contributed by atoms with Gasteiger partial charge in [0.25, 0.3) is 0 Å². The highest BCUT2D eigenvalue weighted by Crippen LogP contribution is 2.42. The summed E-state index contributed by atoms with van der Waals surface area (Å²) in [5.41, 5.74) is -0.176. The van der Waals surface area contributed by atoms with Gasteiger partial charge in [0.15, 0.2) is 5.60 Å². The third-order valence-corrected chi connectivity index (χ3v) is 3.67.